The maximum Gasteiger partial charge on any atom is 1.00 e. The topological polar surface area (TPSA) is 247 Å². The van der Waals surface area contributed by atoms with Crippen LogP contribution < -0.4 is 103 Å². The van der Waals surface area contributed by atoms with Gasteiger partial charge in [0.05, 0.1) is 0 Å². The first-order valence-electron chi connectivity index (χ1n) is 3.33. The molecule has 0 aromatic rings. The molecule has 128 valence electrons. The fourth-order valence-electron chi connectivity index (χ4n) is 0.284. The summed E-state index contributed by atoms with van der Waals surface area (Å²) in [5.74, 6) is 0. The normalized spacial score (nSPS) is 19.7. The van der Waals surface area contributed by atoms with Crippen LogP contribution in [0.1, 0.15) is 0 Å². The minimum absolute atomic E-state index is 0. The fraction of sp³-hybridized carbons (Fsp3) is 0. The number of rotatable bonds is 3. The first-order valence-corrected chi connectivity index (χ1v) is 8.67. The predicted molar refractivity (Wildman–Crippen MR) is 44.8 cm³/mol. The molecule has 1 rings (SSSR count). The molecule has 1 aliphatic rings. The van der Waals surface area contributed by atoms with Crippen LogP contribution in [-0.4, -0.2) is 42.8 Å². The van der Waals surface area contributed by atoms with E-state index in [-0.39, 0.29) is 103 Å². The summed E-state index contributed by atoms with van der Waals surface area (Å²) in [5, 5.41) is 6.46. The Morgan fingerprint density at radius 3 is 1.17 bits per heavy atom. The van der Waals surface area contributed by atoms with Crippen molar-refractivity contribution < 1.29 is 177 Å². The molecule has 0 unspecified atom stereocenters. The maximum absolute atomic E-state index is 10.2. The minimum atomic E-state index is -5.31. The van der Waals surface area contributed by atoms with Crippen molar-refractivity contribution in [3.63, 3.8) is 0 Å². The molecule has 0 radical (unpaired) electrons. The zero-order valence-corrected chi connectivity index (χ0v) is 20.1. The van der Waals surface area contributed by atoms with Crippen LogP contribution in [0, 0.1) is 0 Å². The van der Waals surface area contributed by atoms with Gasteiger partial charge in [-0.25, -0.2) is 16.8 Å². The van der Waals surface area contributed by atoms with Crippen molar-refractivity contribution in [2.45, 2.75) is 0 Å². The van der Waals surface area contributed by atoms with E-state index >= 15 is 0 Å². The zero-order chi connectivity index (χ0) is 16.9. The Balaban J connectivity index is -0.000000322. The molecular formula is K2O17S4. The third-order valence-corrected chi connectivity index (χ3v) is 2.94. The van der Waals surface area contributed by atoms with Gasteiger partial charge < -0.3 is 9.11 Å². The largest absolute Gasteiger partial charge is 1.00 e. The van der Waals surface area contributed by atoms with Crippen molar-refractivity contribution in [3.05, 3.63) is 0 Å². The second-order valence-corrected chi connectivity index (χ2v) is 6.46. The van der Waals surface area contributed by atoms with Gasteiger partial charge in [0.2, 0.25) is 20.8 Å². The van der Waals surface area contributed by atoms with Crippen LogP contribution >= 0.6 is 0 Å². The molecule has 23 heavy (non-hydrogen) atoms. The van der Waals surface area contributed by atoms with E-state index in [1.807, 2.05) is 0 Å². The zero-order valence-electron chi connectivity index (χ0n) is 10.6. The molecule has 0 aromatic carbocycles. The molecule has 23 heteroatoms. The van der Waals surface area contributed by atoms with Gasteiger partial charge in [0.25, 0.3) is 0 Å². The van der Waals surface area contributed by atoms with Gasteiger partial charge >= 0.3 is 124 Å². The van der Waals surface area contributed by atoms with Crippen molar-refractivity contribution >= 4 is 41.6 Å². The van der Waals surface area contributed by atoms with E-state index < -0.39 is 41.6 Å². The van der Waals surface area contributed by atoms with Gasteiger partial charge in [0.15, 0.2) is 0 Å². The molecule has 0 bridgehead atoms. The number of hydrogen-bond acceptors (Lipinski definition) is 17. The van der Waals surface area contributed by atoms with Crippen LogP contribution in [0.3, 0.4) is 0 Å². The minimum Gasteiger partial charge on any atom is -0.724 e. The summed E-state index contributed by atoms with van der Waals surface area (Å²) < 4.78 is 112. The van der Waals surface area contributed by atoms with E-state index in [0.29, 0.717) is 0 Å². The van der Waals surface area contributed by atoms with Crippen LogP contribution in [0.25, 0.3) is 0 Å². The SMILES string of the molecule is O=S(=O)([O-])OOS(=O)(=O)[O-].O=S1(=O)OOOOS(=O)(=O)O1.[K+].[K+]. The van der Waals surface area contributed by atoms with E-state index in [1.54, 1.807) is 0 Å². The Bertz CT molecular complexity index is 667. The average Bonchev–Trinajstić information content (AvgIpc) is 2.31. The van der Waals surface area contributed by atoms with Gasteiger partial charge in [-0.3, -0.25) is 0 Å². The molecule has 0 spiro atoms. The molecule has 1 fully saturated rings. The van der Waals surface area contributed by atoms with E-state index in [4.69, 9.17) is 0 Å². The third kappa shape index (κ3) is 20.9. The quantitative estimate of drug-likeness (QED) is 0.120. The first kappa shape index (κ1) is 30.4. The van der Waals surface area contributed by atoms with Crippen LogP contribution in [0.5, 0.6) is 0 Å². The Kier molecular flexibility index (Phi) is 16.2. The average molecular weight is 478 g/mol. The molecule has 17 nitrogen and oxygen atoms in total. The molecule has 1 aliphatic heterocycles. The Morgan fingerprint density at radius 1 is 0.696 bits per heavy atom. The van der Waals surface area contributed by atoms with Gasteiger partial charge in [-0.1, -0.05) is 3.63 Å². The first-order chi connectivity index (χ1) is 9.12. The van der Waals surface area contributed by atoms with E-state index in [9.17, 15) is 42.8 Å². The van der Waals surface area contributed by atoms with Crippen molar-refractivity contribution in [1.29, 1.82) is 0 Å². The summed E-state index contributed by atoms with van der Waals surface area (Å²) in [6.45, 7) is 0. The molecule has 0 N–H and O–H groups in total. The fourth-order valence-corrected chi connectivity index (χ4v) is 2.01. The summed E-state index contributed by atoms with van der Waals surface area (Å²) in [7, 11) is -20.2. The molecule has 1 heterocycles. The Morgan fingerprint density at radius 2 is 0.957 bits per heavy atom. The number of hydrogen-bond donors (Lipinski definition) is 0. The van der Waals surface area contributed by atoms with Crippen LogP contribution in [0.2, 0.25) is 0 Å². The van der Waals surface area contributed by atoms with Crippen molar-refractivity contribution in [1.82, 2.24) is 0 Å². The molecule has 0 aromatic heterocycles. The summed E-state index contributed by atoms with van der Waals surface area (Å²) >= 11 is 0. The molecule has 0 amide bonds. The Labute approximate surface area is 213 Å². The van der Waals surface area contributed by atoms with Crippen LogP contribution in [0.15, 0.2) is 0 Å². The maximum atomic E-state index is 10.2. The smallest absolute Gasteiger partial charge is 0.724 e. The monoisotopic (exact) mass is 478 g/mol. The van der Waals surface area contributed by atoms with E-state index in [2.05, 4.69) is 31.0 Å². The van der Waals surface area contributed by atoms with Crippen molar-refractivity contribution in [3.8, 4) is 0 Å². The molecule has 1 saturated heterocycles. The van der Waals surface area contributed by atoms with E-state index in [1.165, 1.54) is 0 Å². The Hall–Kier alpha value is 2.71. The molecular weight excluding hydrogens is 478 g/mol. The second-order valence-electron chi connectivity index (χ2n) is 2.11. The third-order valence-electron chi connectivity index (χ3n) is 0.611. The standard InChI is InChI=1S/2K.O9S2.H2O8S2/c;;1-10(2)7-5-6-8-11(3,4)9-10;1-9(2,3)7-8-10(4,5)6/h;;;(H,1,2,3)(H,4,5,6)/q2*+1;;/p-2. The van der Waals surface area contributed by atoms with Gasteiger partial charge in [-0.2, -0.15) is 16.8 Å². The van der Waals surface area contributed by atoms with Gasteiger partial charge in [-0.15, -0.1) is 8.67 Å². The van der Waals surface area contributed by atoms with Crippen molar-refractivity contribution in [2.24, 2.45) is 0 Å². The van der Waals surface area contributed by atoms with Gasteiger partial charge in [0, 0.05) is 0 Å². The summed E-state index contributed by atoms with van der Waals surface area (Å²) in [5.41, 5.74) is 0. The molecule has 0 aliphatic carbocycles. The van der Waals surface area contributed by atoms with Crippen LogP contribution in [-0.2, 0) is 72.6 Å². The predicted octanol–water partition coefficient (Wildman–Crippen LogP) is -9.82. The van der Waals surface area contributed by atoms with Gasteiger partial charge in [0.1, 0.15) is 0 Å². The van der Waals surface area contributed by atoms with Crippen LogP contribution in [0.4, 0.5) is 0 Å². The molecule has 0 saturated carbocycles. The summed E-state index contributed by atoms with van der Waals surface area (Å²) in [6, 6.07) is 0. The molecule has 0 atom stereocenters. The van der Waals surface area contributed by atoms with E-state index in [0.717, 1.165) is 0 Å². The summed E-state index contributed by atoms with van der Waals surface area (Å²) in [4.78, 5) is 0. The summed E-state index contributed by atoms with van der Waals surface area (Å²) in [6.07, 6.45) is 0. The second kappa shape index (κ2) is 12.2. The van der Waals surface area contributed by atoms with Gasteiger partial charge in [-0.05, 0) is 18.7 Å². The van der Waals surface area contributed by atoms with Crippen molar-refractivity contribution in [2.75, 3.05) is 0 Å².